The maximum absolute atomic E-state index is 13.6. The molecule has 3 heterocycles. The molecule has 0 radical (unpaired) electrons. The maximum atomic E-state index is 13.6. The van der Waals surface area contributed by atoms with Crippen LogP contribution in [0.15, 0.2) is 54.6 Å². The molecule has 0 aliphatic heterocycles. The summed E-state index contributed by atoms with van der Waals surface area (Å²) in [6, 6.07) is 17.9. The molecule has 2 aromatic carbocycles. The van der Waals surface area contributed by atoms with Gasteiger partial charge in [-0.15, -0.1) is 22.7 Å². The first-order chi connectivity index (χ1) is 19.2. The summed E-state index contributed by atoms with van der Waals surface area (Å²) < 4.78 is 10.6. The molecule has 0 saturated carbocycles. The lowest BCUT2D eigenvalue weighted by Crippen LogP contribution is -2.15. The van der Waals surface area contributed by atoms with Crippen molar-refractivity contribution in [3.63, 3.8) is 0 Å². The number of thiophene rings is 2. The first kappa shape index (κ1) is 27.4. The van der Waals surface area contributed by atoms with Gasteiger partial charge in [-0.3, -0.25) is 4.79 Å². The SMILES string of the molecule is CCOC(=O)c1c(NC(=O)c2sc3nc(-c4ccc(C)cc4)cc(-c4ccc(OC)cc4)c3c2N)sc(C)c1C. The highest BCUT2D eigenvalue weighted by Crippen LogP contribution is 2.42. The molecule has 0 aliphatic rings. The fourth-order valence-electron chi connectivity index (χ4n) is 4.48. The first-order valence-electron chi connectivity index (χ1n) is 12.7. The number of nitrogens with zero attached hydrogens (tertiary/aromatic N) is 1. The normalized spacial score (nSPS) is 11.0. The molecule has 0 atom stereocenters. The number of nitrogens with two attached hydrogens (primary N) is 1. The minimum absolute atomic E-state index is 0.243. The number of esters is 1. The summed E-state index contributed by atoms with van der Waals surface area (Å²) in [6.45, 7) is 7.79. The second-order valence-corrected chi connectivity index (χ2v) is 11.6. The van der Waals surface area contributed by atoms with Gasteiger partial charge >= 0.3 is 5.97 Å². The molecule has 7 nitrogen and oxygen atoms in total. The van der Waals surface area contributed by atoms with Crippen LogP contribution in [0.1, 0.15) is 43.0 Å². The molecule has 5 rings (SSSR count). The van der Waals surface area contributed by atoms with E-state index in [2.05, 4.69) is 5.32 Å². The molecule has 0 bridgehead atoms. The molecule has 5 aromatic rings. The van der Waals surface area contributed by atoms with Crippen molar-refractivity contribution in [2.75, 3.05) is 24.8 Å². The van der Waals surface area contributed by atoms with Crippen molar-refractivity contribution in [3.05, 3.63) is 81.0 Å². The highest BCUT2D eigenvalue weighted by atomic mass is 32.1. The van der Waals surface area contributed by atoms with Gasteiger partial charge in [-0.25, -0.2) is 9.78 Å². The monoisotopic (exact) mass is 571 g/mol. The smallest absolute Gasteiger partial charge is 0.341 e. The van der Waals surface area contributed by atoms with Crippen LogP contribution in [0.4, 0.5) is 10.7 Å². The van der Waals surface area contributed by atoms with Crippen LogP contribution < -0.4 is 15.8 Å². The number of carbonyl (C=O) groups excluding carboxylic acids is 2. The Hall–Kier alpha value is -4.21. The molecule has 0 saturated heterocycles. The number of ether oxygens (including phenoxy) is 2. The predicted octanol–water partition coefficient (Wildman–Crippen LogP) is 7.64. The predicted molar refractivity (Wildman–Crippen MR) is 164 cm³/mol. The lowest BCUT2D eigenvalue weighted by molar-refractivity contribution is 0.0527. The van der Waals surface area contributed by atoms with Gasteiger partial charge in [0.1, 0.15) is 20.5 Å². The second kappa shape index (κ2) is 11.1. The van der Waals surface area contributed by atoms with Gasteiger partial charge < -0.3 is 20.5 Å². The van der Waals surface area contributed by atoms with Gasteiger partial charge in [0.15, 0.2) is 0 Å². The van der Waals surface area contributed by atoms with E-state index in [9.17, 15) is 9.59 Å². The fourth-order valence-corrected chi connectivity index (χ4v) is 6.54. The number of nitrogen functional groups attached to an aromatic ring is 1. The van der Waals surface area contributed by atoms with Crippen LogP contribution in [0, 0.1) is 20.8 Å². The lowest BCUT2D eigenvalue weighted by Gasteiger charge is -2.10. The first-order valence-corrected chi connectivity index (χ1v) is 14.4. The number of hydrogen-bond donors (Lipinski definition) is 2. The number of amides is 1. The van der Waals surface area contributed by atoms with Gasteiger partial charge in [-0.1, -0.05) is 42.0 Å². The standard InChI is InChI=1S/C31H29N3O4S2/c1-6-38-31(36)24-17(3)18(4)39-29(24)34-28(35)27-26(32)25-22(19-11-13-21(37-5)14-12-19)15-23(33-30(25)40-27)20-9-7-16(2)8-10-20/h7-15H,6,32H2,1-5H3,(H,34,35). The zero-order valence-electron chi connectivity index (χ0n) is 22.9. The number of fused-ring (bicyclic) bond motifs is 1. The van der Waals surface area contributed by atoms with Crippen molar-refractivity contribution in [2.24, 2.45) is 0 Å². The average molecular weight is 572 g/mol. The van der Waals surface area contributed by atoms with E-state index in [4.69, 9.17) is 20.2 Å². The van der Waals surface area contributed by atoms with Crippen LogP contribution >= 0.6 is 22.7 Å². The highest BCUT2D eigenvalue weighted by Gasteiger charge is 2.26. The minimum Gasteiger partial charge on any atom is -0.497 e. The second-order valence-electron chi connectivity index (χ2n) is 9.34. The summed E-state index contributed by atoms with van der Waals surface area (Å²) in [7, 11) is 1.63. The third-order valence-electron chi connectivity index (χ3n) is 6.75. The average Bonchev–Trinajstić information content (AvgIpc) is 3.43. The minimum atomic E-state index is -0.463. The number of carbonyl (C=O) groups is 2. The van der Waals surface area contributed by atoms with Gasteiger partial charge in [-0.05, 0) is 62.6 Å². The summed E-state index contributed by atoms with van der Waals surface area (Å²) in [5.41, 5.74) is 12.9. The van der Waals surface area contributed by atoms with Crippen molar-refractivity contribution in [1.82, 2.24) is 4.98 Å². The van der Waals surface area contributed by atoms with E-state index >= 15 is 0 Å². The molecule has 40 heavy (non-hydrogen) atoms. The Morgan fingerprint density at radius 3 is 2.30 bits per heavy atom. The maximum Gasteiger partial charge on any atom is 0.341 e. The van der Waals surface area contributed by atoms with Crippen LogP contribution in [0.5, 0.6) is 5.75 Å². The number of nitrogens with one attached hydrogen (secondary N) is 1. The molecule has 0 unspecified atom stereocenters. The van der Waals surface area contributed by atoms with Gasteiger partial charge in [0, 0.05) is 15.8 Å². The van der Waals surface area contributed by atoms with Gasteiger partial charge in [0.25, 0.3) is 5.91 Å². The number of aromatic nitrogens is 1. The molecular weight excluding hydrogens is 542 g/mol. The number of methoxy groups -OCH3 is 1. The van der Waals surface area contributed by atoms with E-state index in [1.807, 2.05) is 75.4 Å². The number of pyridine rings is 1. The molecule has 3 N–H and O–H groups in total. The summed E-state index contributed by atoms with van der Waals surface area (Å²) in [4.78, 5) is 33.1. The third kappa shape index (κ3) is 5.05. The van der Waals surface area contributed by atoms with Gasteiger partial charge in [0.2, 0.25) is 0 Å². The van der Waals surface area contributed by atoms with Crippen molar-refractivity contribution in [1.29, 1.82) is 0 Å². The summed E-state index contributed by atoms with van der Waals surface area (Å²) >= 11 is 2.57. The van der Waals surface area contributed by atoms with Crippen LogP contribution in [-0.4, -0.2) is 30.6 Å². The Balaban J connectivity index is 1.63. The fraction of sp³-hybridized carbons (Fsp3) is 0.194. The molecule has 204 valence electrons. The van der Waals surface area contributed by atoms with E-state index in [-0.39, 0.29) is 6.61 Å². The van der Waals surface area contributed by atoms with Gasteiger partial charge in [0.05, 0.1) is 30.7 Å². The molecule has 0 fully saturated rings. The van der Waals surface area contributed by atoms with Crippen LogP contribution in [0.25, 0.3) is 32.6 Å². The van der Waals surface area contributed by atoms with E-state index in [0.29, 0.717) is 31.3 Å². The Morgan fingerprint density at radius 1 is 0.975 bits per heavy atom. The van der Waals surface area contributed by atoms with E-state index in [0.717, 1.165) is 44.1 Å². The molecular formula is C31H29N3O4S2. The topological polar surface area (TPSA) is 104 Å². The summed E-state index contributed by atoms with van der Waals surface area (Å²) in [6.07, 6.45) is 0. The summed E-state index contributed by atoms with van der Waals surface area (Å²) in [5.74, 6) is -0.120. The lowest BCUT2D eigenvalue weighted by atomic mass is 9.99. The van der Waals surface area contributed by atoms with Crippen molar-refractivity contribution < 1.29 is 19.1 Å². The molecule has 0 spiro atoms. The van der Waals surface area contributed by atoms with E-state index < -0.39 is 11.9 Å². The Kier molecular flexibility index (Phi) is 7.60. The van der Waals surface area contributed by atoms with Crippen LogP contribution in [0.2, 0.25) is 0 Å². The quantitative estimate of drug-likeness (QED) is 0.195. The van der Waals surface area contributed by atoms with Crippen LogP contribution in [0.3, 0.4) is 0 Å². The van der Waals surface area contributed by atoms with Crippen molar-refractivity contribution in [2.45, 2.75) is 27.7 Å². The van der Waals surface area contributed by atoms with Crippen molar-refractivity contribution in [3.8, 4) is 28.1 Å². The van der Waals surface area contributed by atoms with Crippen molar-refractivity contribution >= 4 is 55.5 Å². The Morgan fingerprint density at radius 2 is 1.65 bits per heavy atom. The number of aryl methyl sites for hydroxylation is 2. The number of benzene rings is 2. The summed E-state index contributed by atoms with van der Waals surface area (Å²) in [5, 5.41) is 4.07. The molecule has 9 heteroatoms. The third-order valence-corrected chi connectivity index (χ3v) is 8.97. The zero-order chi connectivity index (χ0) is 28.6. The largest absolute Gasteiger partial charge is 0.497 e. The Labute approximate surface area is 240 Å². The number of hydrogen-bond acceptors (Lipinski definition) is 8. The number of anilines is 2. The van der Waals surface area contributed by atoms with E-state index in [1.165, 1.54) is 22.7 Å². The Bertz CT molecular complexity index is 1740. The number of rotatable bonds is 7. The zero-order valence-corrected chi connectivity index (χ0v) is 24.5. The highest BCUT2D eigenvalue weighted by molar-refractivity contribution is 7.21. The van der Waals surface area contributed by atoms with E-state index in [1.54, 1.807) is 14.0 Å². The molecule has 3 aromatic heterocycles. The van der Waals surface area contributed by atoms with Crippen LogP contribution in [-0.2, 0) is 4.74 Å². The van der Waals surface area contributed by atoms with Gasteiger partial charge in [-0.2, -0.15) is 0 Å². The molecule has 1 amide bonds. The molecule has 0 aliphatic carbocycles.